The van der Waals surface area contributed by atoms with Gasteiger partial charge in [0.25, 0.3) is 0 Å². The summed E-state index contributed by atoms with van der Waals surface area (Å²) in [7, 11) is 0. The van der Waals surface area contributed by atoms with E-state index in [2.05, 4.69) is 93.4 Å². The Morgan fingerprint density at radius 2 is 1.47 bits per heavy atom. The summed E-state index contributed by atoms with van der Waals surface area (Å²) < 4.78 is 8.47. The van der Waals surface area contributed by atoms with E-state index in [-0.39, 0.29) is 0 Å². The lowest BCUT2D eigenvalue weighted by Gasteiger charge is -2.08. The molecular weight excluding hydrogens is 418 g/mol. The van der Waals surface area contributed by atoms with Crippen molar-refractivity contribution in [3.8, 4) is 5.69 Å². The van der Waals surface area contributed by atoms with E-state index < -0.39 is 0 Å². The van der Waals surface area contributed by atoms with Crippen LogP contribution in [0.4, 0.5) is 0 Å². The topological polar surface area (TPSA) is 43.9 Å². The summed E-state index contributed by atoms with van der Waals surface area (Å²) >= 11 is 0. The number of furan rings is 1. The van der Waals surface area contributed by atoms with E-state index in [9.17, 15) is 0 Å². The second-order valence-corrected chi connectivity index (χ2v) is 8.64. The number of hydrogen-bond acceptors (Lipinski definition) is 3. The number of pyridine rings is 2. The Morgan fingerprint density at radius 1 is 0.647 bits per heavy atom. The minimum absolute atomic E-state index is 0.785. The molecule has 0 atom stereocenters. The minimum Gasteiger partial charge on any atom is -0.452 e. The molecule has 0 aliphatic carbocycles. The predicted octanol–water partition coefficient (Wildman–Crippen LogP) is 7.26. The fourth-order valence-corrected chi connectivity index (χ4v) is 5.04. The highest BCUT2D eigenvalue weighted by atomic mass is 16.3. The molecule has 0 saturated heterocycles. The average Bonchev–Trinajstić information content (AvgIpc) is 3.44. The molecule has 3 aromatic carbocycles. The number of para-hydroxylation sites is 2. The minimum atomic E-state index is 0.785. The molecule has 7 aromatic rings. The maximum atomic E-state index is 6.12. The summed E-state index contributed by atoms with van der Waals surface area (Å²) in [5.41, 5.74) is 9.41. The van der Waals surface area contributed by atoms with Crippen LogP contribution in [0.25, 0.3) is 49.7 Å². The molecule has 0 aliphatic heterocycles. The van der Waals surface area contributed by atoms with Gasteiger partial charge in [-0.15, -0.1) is 0 Å². The van der Waals surface area contributed by atoms with Crippen molar-refractivity contribution in [1.29, 1.82) is 0 Å². The summed E-state index contributed by atoms with van der Waals surface area (Å²) in [6.07, 6.45) is 5.44. The first kappa shape index (κ1) is 19.1. The molecule has 0 unspecified atom stereocenters. The molecule has 4 nitrogen and oxygen atoms in total. The van der Waals surface area contributed by atoms with Crippen LogP contribution < -0.4 is 0 Å². The van der Waals surface area contributed by atoms with Crippen LogP contribution in [0.5, 0.6) is 0 Å². The van der Waals surface area contributed by atoms with E-state index in [1.807, 2.05) is 18.3 Å². The van der Waals surface area contributed by atoms with Gasteiger partial charge in [0.1, 0.15) is 11.0 Å². The highest BCUT2D eigenvalue weighted by Gasteiger charge is 2.14. The van der Waals surface area contributed by atoms with Crippen molar-refractivity contribution in [2.24, 2.45) is 0 Å². The zero-order chi connectivity index (χ0) is 22.5. The Hall–Kier alpha value is -4.44. The van der Waals surface area contributed by atoms with Crippen LogP contribution in [-0.4, -0.2) is 14.5 Å². The molecule has 0 aliphatic rings. The predicted molar refractivity (Wildman–Crippen MR) is 137 cm³/mol. The number of aryl methyl sites for hydroxylation is 2. The molecule has 34 heavy (non-hydrogen) atoms. The van der Waals surface area contributed by atoms with E-state index in [4.69, 9.17) is 4.42 Å². The average molecular weight is 440 g/mol. The zero-order valence-electron chi connectivity index (χ0n) is 18.5. The van der Waals surface area contributed by atoms with Crippen LogP contribution in [0.3, 0.4) is 0 Å². The number of fused-ring (bicyclic) bond motifs is 6. The zero-order valence-corrected chi connectivity index (χ0v) is 18.5. The fourth-order valence-electron chi connectivity index (χ4n) is 5.04. The number of benzene rings is 3. The van der Waals surface area contributed by atoms with E-state index in [1.165, 1.54) is 33.1 Å². The van der Waals surface area contributed by atoms with Gasteiger partial charge in [-0.1, -0.05) is 42.5 Å². The van der Waals surface area contributed by atoms with E-state index >= 15 is 0 Å². The van der Waals surface area contributed by atoms with Crippen LogP contribution in [0, 0.1) is 0 Å². The van der Waals surface area contributed by atoms with Gasteiger partial charge in [-0.3, -0.25) is 9.97 Å². The summed E-state index contributed by atoms with van der Waals surface area (Å²) in [6.45, 7) is 0. The van der Waals surface area contributed by atoms with E-state index in [1.54, 1.807) is 6.20 Å². The SMILES string of the molecule is c1ccc(-n2c3ccccc3c3cc(CCc4ccnc5c4oc4cccnc45)ccc32)cc1. The van der Waals surface area contributed by atoms with Crippen molar-refractivity contribution in [1.82, 2.24) is 14.5 Å². The summed E-state index contributed by atoms with van der Waals surface area (Å²) in [6, 6.07) is 32.0. The molecular formula is C30H21N3O. The number of hydrogen-bond donors (Lipinski definition) is 0. The molecule has 0 radical (unpaired) electrons. The van der Waals surface area contributed by atoms with Crippen LogP contribution in [-0.2, 0) is 12.8 Å². The van der Waals surface area contributed by atoms with Crippen molar-refractivity contribution in [3.63, 3.8) is 0 Å². The molecule has 0 fully saturated rings. The van der Waals surface area contributed by atoms with Crippen molar-refractivity contribution in [2.75, 3.05) is 0 Å². The van der Waals surface area contributed by atoms with Crippen LogP contribution in [0.15, 0.2) is 108 Å². The van der Waals surface area contributed by atoms with Gasteiger partial charge in [-0.05, 0) is 72.5 Å². The third-order valence-corrected chi connectivity index (χ3v) is 6.63. The van der Waals surface area contributed by atoms with Gasteiger partial charge in [0.05, 0.1) is 11.0 Å². The molecule has 4 aromatic heterocycles. The molecule has 0 amide bonds. The maximum absolute atomic E-state index is 6.12. The van der Waals surface area contributed by atoms with Gasteiger partial charge in [0.2, 0.25) is 0 Å². The largest absolute Gasteiger partial charge is 0.452 e. The Balaban J connectivity index is 1.30. The molecule has 0 saturated carbocycles. The quantitative estimate of drug-likeness (QED) is 0.290. The Labute approximate surface area is 196 Å². The van der Waals surface area contributed by atoms with Crippen molar-refractivity contribution >= 4 is 44.0 Å². The van der Waals surface area contributed by atoms with Gasteiger partial charge in [-0.2, -0.15) is 0 Å². The first-order valence-corrected chi connectivity index (χ1v) is 11.6. The van der Waals surface area contributed by atoms with E-state index in [0.29, 0.717) is 0 Å². The first-order chi connectivity index (χ1) is 16.9. The lowest BCUT2D eigenvalue weighted by molar-refractivity contribution is 0.660. The Kier molecular flexibility index (Phi) is 4.24. The normalized spacial score (nSPS) is 11.8. The maximum Gasteiger partial charge on any atom is 0.158 e. The Bertz CT molecular complexity index is 1810. The van der Waals surface area contributed by atoms with Crippen molar-refractivity contribution in [3.05, 3.63) is 115 Å². The smallest absolute Gasteiger partial charge is 0.158 e. The third kappa shape index (κ3) is 2.92. The van der Waals surface area contributed by atoms with Gasteiger partial charge in [0.15, 0.2) is 11.2 Å². The standard InChI is InChI=1S/C30H21N3O/c1-2-7-22(8-3-1)33-25-10-5-4-9-23(25)24-19-20(13-15-26(24)33)12-14-21-16-18-32-29-28-27(34-30(21)29)11-6-17-31-28/h1-11,13,15-19H,12,14H2. The molecule has 162 valence electrons. The lowest BCUT2D eigenvalue weighted by Crippen LogP contribution is -1.94. The fraction of sp³-hybridized carbons (Fsp3) is 0.0667. The highest BCUT2D eigenvalue weighted by Crippen LogP contribution is 2.33. The second kappa shape index (κ2) is 7.56. The summed E-state index contributed by atoms with van der Waals surface area (Å²) in [5.74, 6) is 0. The molecule has 0 bridgehead atoms. The monoisotopic (exact) mass is 439 g/mol. The highest BCUT2D eigenvalue weighted by molar-refractivity contribution is 6.09. The van der Waals surface area contributed by atoms with Crippen LogP contribution >= 0.6 is 0 Å². The van der Waals surface area contributed by atoms with Gasteiger partial charge in [0, 0.05) is 28.9 Å². The molecule has 4 heterocycles. The number of nitrogens with zero attached hydrogens (tertiary/aromatic N) is 3. The Morgan fingerprint density at radius 3 is 2.41 bits per heavy atom. The lowest BCUT2D eigenvalue weighted by atomic mass is 10.0. The third-order valence-electron chi connectivity index (χ3n) is 6.63. The van der Waals surface area contributed by atoms with Crippen LogP contribution in [0.1, 0.15) is 11.1 Å². The second-order valence-electron chi connectivity index (χ2n) is 8.64. The van der Waals surface area contributed by atoms with Gasteiger partial charge >= 0.3 is 0 Å². The van der Waals surface area contributed by atoms with E-state index in [0.717, 1.165) is 40.6 Å². The van der Waals surface area contributed by atoms with Crippen molar-refractivity contribution in [2.45, 2.75) is 12.8 Å². The van der Waals surface area contributed by atoms with Crippen molar-refractivity contribution < 1.29 is 4.42 Å². The summed E-state index contributed by atoms with van der Waals surface area (Å²) in [4.78, 5) is 8.99. The summed E-state index contributed by atoms with van der Waals surface area (Å²) in [5, 5.41) is 2.56. The number of aromatic nitrogens is 3. The van der Waals surface area contributed by atoms with Crippen LogP contribution in [0.2, 0.25) is 0 Å². The first-order valence-electron chi connectivity index (χ1n) is 11.6. The van der Waals surface area contributed by atoms with Gasteiger partial charge in [-0.25, -0.2) is 0 Å². The molecule has 0 N–H and O–H groups in total. The van der Waals surface area contributed by atoms with Gasteiger partial charge < -0.3 is 8.98 Å². The molecule has 4 heteroatoms. The molecule has 7 rings (SSSR count). The molecule has 0 spiro atoms. The number of rotatable bonds is 4.